The van der Waals surface area contributed by atoms with Gasteiger partial charge in [0.25, 0.3) is 0 Å². The fourth-order valence-corrected chi connectivity index (χ4v) is 3.23. The number of hydrogen-bond donors (Lipinski definition) is 1. The fourth-order valence-electron chi connectivity index (χ4n) is 2.70. The van der Waals surface area contributed by atoms with Gasteiger partial charge >= 0.3 is 0 Å². The van der Waals surface area contributed by atoms with Crippen molar-refractivity contribution in [1.82, 2.24) is 5.32 Å². The Bertz CT molecular complexity index is 264. The highest BCUT2D eigenvalue weighted by molar-refractivity contribution is 9.09. The molecule has 1 aliphatic carbocycles. The van der Waals surface area contributed by atoms with E-state index >= 15 is 0 Å². The van der Waals surface area contributed by atoms with Gasteiger partial charge in [-0.05, 0) is 43.9 Å². The van der Waals surface area contributed by atoms with Gasteiger partial charge in [0.2, 0.25) is 5.91 Å². The lowest BCUT2D eigenvalue weighted by Crippen LogP contribution is -2.40. The second kappa shape index (κ2) is 6.19. The second-order valence-electron chi connectivity index (χ2n) is 5.42. The summed E-state index contributed by atoms with van der Waals surface area (Å²) in [5.41, 5.74) is 0. The van der Waals surface area contributed by atoms with Crippen LogP contribution in [-0.2, 0) is 9.53 Å². The molecular weight excluding hydrogens is 282 g/mol. The maximum atomic E-state index is 11.9. The van der Waals surface area contributed by atoms with E-state index in [0.717, 1.165) is 19.6 Å². The van der Waals surface area contributed by atoms with Crippen molar-refractivity contribution >= 4 is 21.8 Å². The maximum Gasteiger partial charge on any atom is 0.249 e. The summed E-state index contributed by atoms with van der Waals surface area (Å²) in [6.07, 6.45) is 5.71. The van der Waals surface area contributed by atoms with Crippen LogP contribution in [0.25, 0.3) is 0 Å². The Kier molecular flexibility index (Phi) is 4.86. The predicted molar refractivity (Wildman–Crippen MR) is 71.2 cm³/mol. The number of carbonyl (C=O) groups excluding carboxylic acids is 1. The minimum absolute atomic E-state index is 0.0935. The van der Waals surface area contributed by atoms with Crippen molar-refractivity contribution in [2.75, 3.05) is 13.2 Å². The summed E-state index contributed by atoms with van der Waals surface area (Å²) < 4.78 is 5.46. The highest BCUT2D eigenvalue weighted by Gasteiger charge is 2.31. The average molecular weight is 304 g/mol. The molecule has 2 fully saturated rings. The molecule has 2 aliphatic rings. The molecular formula is C13H22BrNO2. The Morgan fingerprint density at radius 3 is 2.59 bits per heavy atom. The summed E-state index contributed by atoms with van der Waals surface area (Å²) in [5, 5.41) is 3.06. The van der Waals surface area contributed by atoms with Crippen LogP contribution in [0, 0.1) is 11.8 Å². The molecule has 0 bridgehead atoms. The molecule has 0 aromatic rings. The topological polar surface area (TPSA) is 38.3 Å². The molecule has 2 unspecified atom stereocenters. The minimum Gasteiger partial charge on any atom is -0.368 e. The lowest BCUT2D eigenvalue weighted by Gasteiger charge is -2.26. The summed E-state index contributed by atoms with van der Waals surface area (Å²) >= 11 is 3.65. The third-order valence-corrected chi connectivity index (χ3v) is 4.90. The predicted octanol–water partition coefficient (Wildman–Crippen LogP) is 2.48. The summed E-state index contributed by atoms with van der Waals surface area (Å²) in [5.74, 6) is 1.12. The number of amides is 1. The molecule has 2 atom stereocenters. The third kappa shape index (κ3) is 3.68. The molecule has 1 aliphatic heterocycles. The Morgan fingerprint density at radius 2 is 2.00 bits per heavy atom. The van der Waals surface area contributed by atoms with Crippen molar-refractivity contribution in [3.05, 3.63) is 0 Å². The van der Waals surface area contributed by atoms with Crippen LogP contribution >= 0.6 is 15.9 Å². The molecule has 1 saturated carbocycles. The second-order valence-corrected chi connectivity index (χ2v) is 6.72. The summed E-state index contributed by atoms with van der Waals surface area (Å²) in [4.78, 5) is 12.6. The van der Waals surface area contributed by atoms with E-state index in [4.69, 9.17) is 4.74 Å². The van der Waals surface area contributed by atoms with Gasteiger partial charge in [-0.25, -0.2) is 0 Å². The Balaban J connectivity index is 1.69. The largest absolute Gasteiger partial charge is 0.368 e. The maximum absolute atomic E-state index is 11.9. The molecule has 4 heteroatoms. The smallest absolute Gasteiger partial charge is 0.249 e. The van der Waals surface area contributed by atoms with Crippen molar-refractivity contribution in [1.29, 1.82) is 0 Å². The quantitative estimate of drug-likeness (QED) is 0.814. The van der Waals surface area contributed by atoms with Crippen LogP contribution in [0.5, 0.6) is 0 Å². The first-order valence-corrected chi connectivity index (χ1v) is 7.61. The first kappa shape index (κ1) is 13.3. The van der Waals surface area contributed by atoms with Gasteiger partial charge in [0.05, 0.1) is 0 Å². The molecule has 2 rings (SSSR count). The molecule has 1 heterocycles. The van der Waals surface area contributed by atoms with E-state index in [0.29, 0.717) is 16.7 Å². The molecule has 98 valence electrons. The number of carbonyl (C=O) groups is 1. The fraction of sp³-hybridized carbons (Fsp3) is 0.923. The number of halogens is 1. The number of hydrogen-bond acceptors (Lipinski definition) is 2. The molecule has 1 N–H and O–H groups in total. The molecule has 17 heavy (non-hydrogen) atoms. The van der Waals surface area contributed by atoms with Gasteiger partial charge < -0.3 is 10.1 Å². The zero-order valence-corrected chi connectivity index (χ0v) is 12.0. The Labute approximate surface area is 112 Å². The van der Waals surface area contributed by atoms with E-state index in [1.165, 1.54) is 25.7 Å². The van der Waals surface area contributed by atoms with Crippen LogP contribution < -0.4 is 5.32 Å². The highest BCUT2D eigenvalue weighted by atomic mass is 79.9. The van der Waals surface area contributed by atoms with E-state index in [9.17, 15) is 4.79 Å². The lowest BCUT2D eigenvalue weighted by atomic mass is 9.89. The van der Waals surface area contributed by atoms with Crippen molar-refractivity contribution in [2.45, 2.75) is 50.0 Å². The van der Waals surface area contributed by atoms with Gasteiger partial charge in [-0.1, -0.05) is 22.9 Å². The first-order chi connectivity index (χ1) is 8.16. The number of alkyl halides is 1. The van der Waals surface area contributed by atoms with Crippen molar-refractivity contribution < 1.29 is 9.53 Å². The van der Waals surface area contributed by atoms with Crippen LogP contribution in [0.15, 0.2) is 0 Å². The van der Waals surface area contributed by atoms with Crippen molar-refractivity contribution in [2.24, 2.45) is 11.8 Å². The standard InChI is InChI=1S/C13H22BrNO2/c1-9-6-7-17-12(9)13(16)15-8-10-2-4-11(14)5-3-10/h9-12H,2-8H2,1H3,(H,15,16). The van der Waals surface area contributed by atoms with Crippen molar-refractivity contribution in [3.63, 3.8) is 0 Å². The Hall–Kier alpha value is -0.0900. The SMILES string of the molecule is CC1CCOC1C(=O)NCC1CCC(Br)CC1. The van der Waals surface area contributed by atoms with E-state index in [1.807, 2.05) is 0 Å². The Morgan fingerprint density at radius 1 is 1.29 bits per heavy atom. The summed E-state index contributed by atoms with van der Waals surface area (Å²) in [6.45, 7) is 3.65. The van der Waals surface area contributed by atoms with Gasteiger partial charge in [-0.15, -0.1) is 0 Å². The van der Waals surface area contributed by atoms with Crippen LogP contribution in [-0.4, -0.2) is 30.0 Å². The van der Waals surface area contributed by atoms with Crippen LogP contribution in [0.2, 0.25) is 0 Å². The first-order valence-electron chi connectivity index (χ1n) is 6.70. The van der Waals surface area contributed by atoms with E-state index in [2.05, 4.69) is 28.2 Å². The van der Waals surface area contributed by atoms with Crippen molar-refractivity contribution in [3.8, 4) is 0 Å². The molecule has 1 amide bonds. The van der Waals surface area contributed by atoms with Gasteiger partial charge in [-0.3, -0.25) is 4.79 Å². The molecule has 0 aromatic heterocycles. The lowest BCUT2D eigenvalue weighted by molar-refractivity contribution is -0.131. The monoisotopic (exact) mass is 303 g/mol. The van der Waals surface area contributed by atoms with Crippen LogP contribution in [0.3, 0.4) is 0 Å². The molecule has 1 saturated heterocycles. The zero-order chi connectivity index (χ0) is 12.3. The van der Waals surface area contributed by atoms with E-state index < -0.39 is 0 Å². The minimum atomic E-state index is -0.206. The molecule has 0 aromatic carbocycles. The molecule has 0 spiro atoms. The van der Waals surface area contributed by atoms with E-state index in [1.54, 1.807) is 0 Å². The van der Waals surface area contributed by atoms with Crippen LogP contribution in [0.1, 0.15) is 39.0 Å². The highest BCUT2D eigenvalue weighted by Crippen LogP contribution is 2.28. The van der Waals surface area contributed by atoms with Gasteiger partial charge in [0, 0.05) is 18.0 Å². The number of ether oxygens (including phenoxy) is 1. The number of rotatable bonds is 3. The summed E-state index contributed by atoms with van der Waals surface area (Å²) in [6, 6.07) is 0. The van der Waals surface area contributed by atoms with Gasteiger partial charge in [0.1, 0.15) is 6.10 Å². The normalized spacial score (nSPS) is 38.0. The van der Waals surface area contributed by atoms with Gasteiger partial charge in [0.15, 0.2) is 0 Å². The van der Waals surface area contributed by atoms with Crippen LogP contribution in [0.4, 0.5) is 0 Å². The third-order valence-electron chi connectivity index (χ3n) is 3.99. The number of nitrogens with one attached hydrogen (secondary N) is 1. The molecule has 0 radical (unpaired) electrons. The average Bonchev–Trinajstić information content (AvgIpc) is 2.74. The van der Waals surface area contributed by atoms with Gasteiger partial charge in [-0.2, -0.15) is 0 Å². The summed E-state index contributed by atoms with van der Waals surface area (Å²) in [7, 11) is 0. The molecule has 3 nitrogen and oxygen atoms in total. The zero-order valence-electron chi connectivity index (χ0n) is 10.5. The van der Waals surface area contributed by atoms with E-state index in [-0.39, 0.29) is 12.0 Å².